The number of methoxy groups -OCH3 is 2. The largest absolute Gasteiger partial charge is 0.495 e. The Morgan fingerprint density at radius 2 is 1.96 bits per heavy atom. The molecule has 4 aliphatic rings. The molecule has 16 nitrogen and oxygen atoms in total. The average Bonchev–Trinajstić information content (AvgIpc) is 3.09. The van der Waals surface area contributed by atoms with Gasteiger partial charge < -0.3 is 38.6 Å². The summed E-state index contributed by atoms with van der Waals surface area (Å²) in [6.45, 7) is 6.93. The van der Waals surface area contributed by atoms with E-state index in [1.165, 1.54) is 38.0 Å². The smallest absolute Gasteiger partial charge is 0.409 e. The first-order valence-electron chi connectivity index (χ1n) is 17.3. The number of hydrogen-bond acceptors (Lipinski definition) is 11. The zero-order valence-corrected chi connectivity index (χ0v) is 32.1. The number of nitrogens with one attached hydrogen (secondary N) is 1. The fourth-order valence-corrected chi connectivity index (χ4v) is 7.35. The van der Waals surface area contributed by atoms with Gasteiger partial charge in [-0.1, -0.05) is 40.5 Å². The average molecular weight is 761 g/mol. The summed E-state index contributed by atoms with van der Waals surface area (Å²) in [7, 11) is 5.90. The number of carbonyl (C=O) groups excluding carboxylic acids is 4. The summed E-state index contributed by atoms with van der Waals surface area (Å²) in [4.78, 5) is 58.7. The highest BCUT2D eigenvalue weighted by Gasteiger charge is 2.63. The lowest BCUT2D eigenvalue weighted by Gasteiger charge is -2.59. The molecular weight excluding hydrogens is 712 g/mol. The second-order valence-electron chi connectivity index (χ2n) is 14.2. The lowest BCUT2D eigenvalue weighted by Crippen LogP contribution is -2.72. The van der Waals surface area contributed by atoms with Crippen LogP contribution in [0.2, 0.25) is 5.02 Å². The lowest BCUT2D eigenvalue weighted by atomic mass is 9.72. The van der Waals surface area contributed by atoms with Crippen LogP contribution in [0.1, 0.15) is 65.4 Å². The number of azide groups is 1. The summed E-state index contributed by atoms with van der Waals surface area (Å²) in [6.07, 6.45) is 1.67. The van der Waals surface area contributed by atoms with Gasteiger partial charge in [-0.05, 0) is 63.8 Å². The SMILES string of the molecule is COc1cc2cc(c1Cl)N(C)C(=O)C[C@H](OC(=O)C(C)N(C)C(=O)CCCN=[N+]=[N-])[C@@]1(C)CC(C)(O1)[C@@H]1C[C@@](O)(NC(=O)O1)[C@H](OC)/C=C/C=C(\C)C2. The van der Waals surface area contributed by atoms with Crippen LogP contribution in [0.5, 0.6) is 5.75 Å². The van der Waals surface area contributed by atoms with Gasteiger partial charge in [0.25, 0.3) is 0 Å². The predicted octanol–water partition coefficient (Wildman–Crippen LogP) is 4.75. The van der Waals surface area contributed by atoms with Crippen molar-refractivity contribution in [3.8, 4) is 5.75 Å². The molecule has 4 aliphatic heterocycles. The van der Waals surface area contributed by atoms with Gasteiger partial charge in [-0.25, -0.2) is 9.59 Å². The number of ether oxygens (including phenoxy) is 5. The maximum Gasteiger partial charge on any atom is 0.409 e. The predicted molar refractivity (Wildman–Crippen MR) is 194 cm³/mol. The Balaban J connectivity index is 1.73. The van der Waals surface area contributed by atoms with E-state index >= 15 is 0 Å². The topological polar surface area (TPSA) is 202 Å². The van der Waals surface area contributed by atoms with E-state index in [2.05, 4.69) is 15.3 Å². The van der Waals surface area contributed by atoms with E-state index in [0.717, 1.165) is 11.1 Å². The molecule has 4 heterocycles. The number of benzene rings is 1. The number of esters is 1. The van der Waals surface area contributed by atoms with E-state index in [9.17, 15) is 24.3 Å². The second kappa shape index (κ2) is 16.8. The van der Waals surface area contributed by atoms with Crippen molar-refractivity contribution in [2.75, 3.05) is 39.8 Å². The number of aliphatic hydroxyl groups is 1. The first-order chi connectivity index (χ1) is 24.9. The second-order valence-corrected chi connectivity index (χ2v) is 14.6. The highest BCUT2D eigenvalue weighted by atomic mass is 35.5. The molecule has 0 aromatic heterocycles. The summed E-state index contributed by atoms with van der Waals surface area (Å²) in [5, 5.41) is 17.9. The number of halogens is 1. The maximum atomic E-state index is 14.1. The number of amides is 3. The minimum absolute atomic E-state index is 0.0403. The fraction of sp³-hybridized carbons (Fsp3) is 0.611. The van der Waals surface area contributed by atoms with Gasteiger partial charge in [0, 0.05) is 51.9 Å². The van der Waals surface area contributed by atoms with E-state index in [1.807, 2.05) is 13.0 Å². The Morgan fingerprint density at radius 3 is 2.60 bits per heavy atom. The van der Waals surface area contributed by atoms with Crippen LogP contribution in [-0.2, 0) is 39.8 Å². The van der Waals surface area contributed by atoms with Crippen molar-refractivity contribution in [2.24, 2.45) is 5.11 Å². The molecule has 0 spiro atoms. The van der Waals surface area contributed by atoms with Gasteiger partial charge in [-0.3, -0.25) is 14.9 Å². The van der Waals surface area contributed by atoms with Gasteiger partial charge in [-0.2, -0.15) is 0 Å². The number of anilines is 1. The van der Waals surface area contributed by atoms with Gasteiger partial charge in [0.2, 0.25) is 11.8 Å². The van der Waals surface area contributed by atoms with Crippen molar-refractivity contribution < 1.29 is 48.0 Å². The molecule has 0 radical (unpaired) electrons. The highest BCUT2D eigenvalue weighted by Crippen LogP contribution is 2.50. The highest BCUT2D eigenvalue weighted by molar-refractivity contribution is 6.35. The van der Waals surface area contributed by atoms with Crippen LogP contribution >= 0.6 is 11.6 Å². The van der Waals surface area contributed by atoms with Crippen LogP contribution in [0.4, 0.5) is 10.5 Å². The first kappa shape index (κ1) is 41.4. The third-order valence-corrected chi connectivity index (χ3v) is 10.5. The Kier molecular flexibility index (Phi) is 13.1. The van der Waals surface area contributed by atoms with Gasteiger partial charge in [0.05, 0.1) is 19.2 Å². The molecule has 6 bridgehead atoms. The molecule has 2 N–H and O–H groups in total. The Labute approximate surface area is 313 Å². The van der Waals surface area contributed by atoms with E-state index < -0.39 is 59.3 Å². The normalized spacial score (nSPS) is 30.9. The molecule has 0 aliphatic carbocycles. The molecule has 53 heavy (non-hydrogen) atoms. The number of nitrogens with zero attached hydrogens (tertiary/aromatic N) is 5. The van der Waals surface area contributed by atoms with Crippen molar-refractivity contribution in [1.29, 1.82) is 0 Å². The number of rotatable bonds is 9. The monoisotopic (exact) mass is 760 g/mol. The number of alkyl carbamates (subject to hydrolysis) is 1. The van der Waals surface area contributed by atoms with Crippen LogP contribution < -0.4 is 15.0 Å². The molecule has 17 heteroatoms. The molecule has 7 atom stereocenters. The van der Waals surface area contributed by atoms with E-state index in [-0.39, 0.29) is 43.2 Å². The van der Waals surface area contributed by atoms with E-state index in [1.54, 1.807) is 45.2 Å². The molecule has 3 amide bonds. The van der Waals surface area contributed by atoms with Crippen molar-refractivity contribution in [1.82, 2.24) is 10.2 Å². The van der Waals surface area contributed by atoms with Crippen LogP contribution in [0, 0.1) is 0 Å². The summed E-state index contributed by atoms with van der Waals surface area (Å²) in [5.41, 5.74) is 6.26. The minimum atomic E-state index is -1.87. The van der Waals surface area contributed by atoms with Gasteiger partial charge >= 0.3 is 12.1 Å². The molecule has 1 aromatic carbocycles. The van der Waals surface area contributed by atoms with Crippen LogP contribution in [0.15, 0.2) is 41.0 Å². The van der Waals surface area contributed by atoms with Gasteiger partial charge in [-0.15, -0.1) is 0 Å². The third-order valence-electron chi connectivity index (χ3n) is 10.2. The quantitative estimate of drug-likeness (QED) is 0.116. The van der Waals surface area contributed by atoms with E-state index in [4.69, 9.17) is 40.8 Å². The number of allylic oxidation sites excluding steroid dienone is 3. The maximum absolute atomic E-state index is 14.1. The van der Waals surface area contributed by atoms with Crippen LogP contribution in [0.25, 0.3) is 10.4 Å². The van der Waals surface area contributed by atoms with Crippen LogP contribution in [0.3, 0.4) is 0 Å². The summed E-state index contributed by atoms with van der Waals surface area (Å²) in [6, 6.07) is 2.50. The van der Waals surface area contributed by atoms with Gasteiger partial charge in [0.15, 0.2) is 5.72 Å². The molecule has 2 fully saturated rings. The Morgan fingerprint density at radius 1 is 1.26 bits per heavy atom. The lowest BCUT2D eigenvalue weighted by molar-refractivity contribution is -0.328. The zero-order valence-electron chi connectivity index (χ0n) is 31.4. The third kappa shape index (κ3) is 9.25. The molecule has 5 rings (SSSR count). The minimum Gasteiger partial charge on any atom is -0.495 e. The molecular formula is C36H49ClN6O10. The zero-order chi connectivity index (χ0) is 39.3. The van der Waals surface area contributed by atoms with Crippen molar-refractivity contribution >= 4 is 41.2 Å². The number of fused-ring (bicyclic) bond motifs is 6. The fourth-order valence-electron chi connectivity index (χ4n) is 7.03. The summed E-state index contributed by atoms with van der Waals surface area (Å²) in [5.74, 6) is -1.26. The molecule has 2 unspecified atom stereocenters. The molecule has 290 valence electrons. The molecule has 1 aromatic rings. The first-order valence-corrected chi connectivity index (χ1v) is 17.7. The summed E-state index contributed by atoms with van der Waals surface area (Å²) >= 11 is 6.74. The van der Waals surface area contributed by atoms with Gasteiger partial charge in [0.1, 0.15) is 46.3 Å². The summed E-state index contributed by atoms with van der Waals surface area (Å²) < 4.78 is 29.4. The Bertz CT molecular complexity index is 1690. The number of carbonyl (C=O) groups is 4. The van der Waals surface area contributed by atoms with Crippen LogP contribution in [-0.4, -0.2) is 110 Å². The molecule has 2 saturated heterocycles. The standard InChI is InChI=1S/C36H49ClN6O10/c1-21-11-9-12-26(50-8)36(48)19-28(52-33(47)40-36)35(4)20-34(3,53-35)27(51-32(46)22(2)42(5)29(44)13-10-14-39-41-38)18-30(45)43(6)24-16-23(15-21)17-25(49-7)31(24)37/h9,11-12,16-17,22,26-28,48H,10,13-15,18-20H2,1-8H3,(H,40,47)/b12-9+,21-11+/t22?,26-,27+,28+,34-,35?,36+/m1/s1. The van der Waals surface area contributed by atoms with Crippen molar-refractivity contribution in [3.05, 3.63) is 57.0 Å². The van der Waals surface area contributed by atoms with Crippen molar-refractivity contribution in [3.63, 3.8) is 0 Å². The number of likely N-dealkylation sites (N-methyl/N-ethyl adjacent to an activating group) is 1. The Hall–Kier alpha value is -4.34. The number of hydrogen-bond donors (Lipinski definition) is 2. The van der Waals surface area contributed by atoms with E-state index in [0.29, 0.717) is 24.3 Å². The van der Waals surface area contributed by atoms with Crippen molar-refractivity contribution in [2.45, 2.75) is 108 Å². The molecule has 0 saturated carbocycles.